The molecule has 0 bridgehead atoms. The van der Waals surface area contributed by atoms with Gasteiger partial charge in [0.05, 0.1) is 6.61 Å². The van der Waals surface area contributed by atoms with Crippen LogP contribution >= 0.6 is 0 Å². The number of hydrogen-bond donors (Lipinski definition) is 1. The fraction of sp³-hybridized carbons (Fsp3) is 0.389. The zero-order valence-corrected chi connectivity index (χ0v) is 15.8. The van der Waals surface area contributed by atoms with Crippen LogP contribution in [0.25, 0.3) is 11.1 Å². The van der Waals surface area contributed by atoms with Gasteiger partial charge < -0.3 is 19.5 Å². The highest BCUT2D eigenvalue weighted by atomic mass is 32.2. The predicted molar refractivity (Wildman–Crippen MR) is 98.0 cm³/mol. The predicted octanol–water partition coefficient (Wildman–Crippen LogP) is 2.04. The summed E-state index contributed by atoms with van der Waals surface area (Å²) in [4.78, 5) is 20.9. The molecule has 0 aliphatic carbocycles. The first-order valence-electron chi connectivity index (χ1n) is 8.85. The van der Waals surface area contributed by atoms with Crippen LogP contribution in [0.4, 0.5) is 4.79 Å². The minimum atomic E-state index is -3.35. The molecule has 1 N–H and O–H groups in total. The number of likely N-dealkylation sites (tertiary alicyclic amines) is 1. The van der Waals surface area contributed by atoms with E-state index in [0.29, 0.717) is 25.4 Å². The molecule has 0 atom stereocenters. The first-order chi connectivity index (χ1) is 13.4. The number of fused-ring (bicyclic) bond motifs is 1. The summed E-state index contributed by atoms with van der Waals surface area (Å²) in [5, 5.41) is 8.97. The van der Waals surface area contributed by atoms with Gasteiger partial charge in [0.15, 0.2) is 5.94 Å². The molecular weight excluding hydrogens is 386 g/mol. The number of amides is 1. The van der Waals surface area contributed by atoms with E-state index >= 15 is 0 Å². The van der Waals surface area contributed by atoms with Crippen molar-refractivity contribution in [2.75, 3.05) is 25.6 Å². The topological polar surface area (TPSA) is 119 Å². The molecule has 4 rings (SSSR count). The Morgan fingerprint density at radius 1 is 1.21 bits per heavy atom. The van der Waals surface area contributed by atoms with Gasteiger partial charge in [-0.1, -0.05) is 6.07 Å². The summed E-state index contributed by atoms with van der Waals surface area (Å²) < 4.78 is 34.5. The van der Waals surface area contributed by atoms with E-state index in [1.165, 1.54) is 11.0 Å². The number of carboxylic acid groups (broad SMARTS) is 1. The summed E-state index contributed by atoms with van der Waals surface area (Å²) in [6, 6.07) is 5.14. The molecule has 28 heavy (non-hydrogen) atoms. The third-order valence-electron chi connectivity index (χ3n) is 4.94. The zero-order chi connectivity index (χ0) is 19.7. The van der Waals surface area contributed by atoms with Gasteiger partial charge in [-0.15, -0.1) is 0 Å². The van der Waals surface area contributed by atoms with Crippen molar-refractivity contribution >= 4 is 15.9 Å². The second-order valence-electron chi connectivity index (χ2n) is 6.82. The first kappa shape index (κ1) is 18.5. The maximum atomic E-state index is 11.8. The van der Waals surface area contributed by atoms with Crippen LogP contribution in [0, 0.1) is 5.92 Å². The number of piperidine rings is 1. The van der Waals surface area contributed by atoms with E-state index in [1.54, 1.807) is 24.5 Å². The quantitative estimate of drug-likeness (QED) is 0.821. The van der Waals surface area contributed by atoms with Gasteiger partial charge in [0.25, 0.3) is 0 Å². The maximum Gasteiger partial charge on any atom is 0.407 e. The molecule has 0 spiro atoms. The summed E-state index contributed by atoms with van der Waals surface area (Å²) >= 11 is 0. The lowest BCUT2D eigenvalue weighted by Gasteiger charge is -2.29. The second kappa shape index (κ2) is 7.27. The molecule has 1 aromatic heterocycles. The highest BCUT2D eigenvalue weighted by molar-refractivity contribution is 7.91. The zero-order valence-electron chi connectivity index (χ0n) is 14.9. The van der Waals surface area contributed by atoms with E-state index in [9.17, 15) is 13.2 Å². The first-order valence-corrected chi connectivity index (χ1v) is 10.5. The van der Waals surface area contributed by atoms with Crippen molar-refractivity contribution in [1.29, 1.82) is 0 Å². The molecule has 9 nitrogen and oxygen atoms in total. The van der Waals surface area contributed by atoms with Crippen LogP contribution in [0.5, 0.6) is 11.8 Å². The summed E-state index contributed by atoms with van der Waals surface area (Å²) in [6.45, 7) is 1.47. The SMILES string of the molecule is O=C(O)N1CCC(COc2ncc(-c3ccc4c(c3)OCS4(=O)=O)cn2)CC1. The van der Waals surface area contributed by atoms with Crippen LogP contribution in [0.15, 0.2) is 35.5 Å². The summed E-state index contributed by atoms with van der Waals surface area (Å²) in [5.41, 5.74) is 1.47. The van der Waals surface area contributed by atoms with Crippen molar-refractivity contribution in [2.45, 2.75) is 17.7 Å². The Labute approximate surface area is 161 Å². The van der Waals surface area contributed by atoms with E-state index in [-0.39, 0.29) is 22.8 Å². The number of carbonyl (C=O) groups is 1. The Hall–Kier alpha value is -2.88. The number of aromatic nitrogens is 2. The molecule has 1 amide bonds. The standard InChI is InChI=1S/C18H19N3O6S/c22-18(23)21-5-3-12(4-6-21)10-26-17-19-8-14(9-20-17)13-1-2-16-15(7-13)27-11-28(16,24)25/h1-2,7-9,12H,3-6,10-11H2,(H,22,23). The van der Waals surface area contributed by atoms with Crippen LogP contribution in [-0.4, -0.2) is 60.1 Å². The number of rotatable bonds is 4. The number of nitrogens with zero attached hydrogens (tertiary/aromatic N) is 3. The minimum absolute atomic E-state index is 0.200. The van der Waals surface area contributed by atoms with Gasteiger partial charge in [-0.05, 0) is 36.5 Å². The van der Waals surface area contributed by atoms with Gasteiger partial charge >= 0.3 is 12.1 Å². The molecule has 1 fully saturated rings. The molecular formula is C18H19N3O6S. The second-order valence-corrected chi connectivity index (χ2v) is 8.72. The fourth-order valence-corrected chi connectivity index (χ4v) is 4.39. The average molecular weight is 405 g/mol. The molecule has 0 radical (unpaired) electrons. The van der Waals surface area contributed by atoms with E-state index < -0.39 is 15.9 Å². The molecule has 2 aliphatic heterocycles. The molecule has 1 saturated heterocycles. The molecule has 2 aliphatic rings. The van der Waals surface area contributed by atoms with Crippen LogP contribution in [0.3, 0.4) is 0 Å². The number of sulfone groups is 1. The van der Waals surface area contributed by atoms with Crippen molar-refractivity contribution in [1.82, 2.24) is 14.9 Å². The van der Waals surface area contributed by atoms with Crippen molar-refractivity contribution in [3.63, 3.8) is 0 Å². The molecule has 10 heteroatoms. The van der Waals surface area contributed by atoms with Crippen LogP contribution in [0.2, 0.25) is 0 Å². The summed E-state index contributed by atoms with van der Waals surface area (Å²) in [5.74, 6) is 0.278. The van der Waals surface area contributed by atoms with Crippen molar-refractivity contribution in [3.8, 4) is 22.9 Å². The third kappa shape index (κ3) is 3.72. The summed E-state index contributed by atoms with van der Waals surface area (Å²) in [7, 11) is -3.35. The molecule has 3 heterocycles. The van der Waals surface area contributed by atoms with Crippen LogP contribution in [0.1, 0.15) is 12.8 Å². The molecule has 0 unspecified atom stereocenters. The van der Waals surface area contributed by atoms with Crippen molar-refractivity contribution in [2.24, 2.45) is 5.92 Å². The minimum Gasteiger partial charge on any atom is -0.476 e. The maximum absolute atomic E-state index is 11.8. The highest BCUT2D eigenvalue weighted by Gasteiger charge is 2.28. The monoisotopic (exact) mass is 405 g/mol. The van der Waals surface area contributed by atoms with Gasteiger partial charge in [0.1, 0.15) is 10.6 Å². The Morgan fingerprint density at radius 3 is 2.61 bits per heavy atom. The van der Waals surface area contributed by atoms with Crippen LogP contribution < -0.4 is 9.47 Å². The van der Waals surface area contributed by atoms with Gasteiger partial charge in [-0.25, -0.2) is 23.2 Å². The number of hydrogen-bond acceptors (Lipinski definition) is 7. The Bertz CT molecular complexity index is 985. The van der Waals surface area contributed by atoms with E-state index in [0.717, 1.165) is 24.0 Å². The lowest BCUT2D eigenvalue weighted by atomic mass is 9.98. The normalized spacial score (nSPS) is 18.4. The van der Waals surface area contributed by atoms with E-state index in [4.69, 9.17) is 14.6 Å². The Balaban J connectivity index is 1.37. The molecule has 2 aromatic rings. The van der Waals surface area contributed by atoms with Crippen LogP contribution in [-0.2, 0) is 9.84 Å². The molecule has 148 valence electrons. The Kier molecular flexibility index (Phi) is 4.80. The van der Waals surface area contributed by atoms with Crippen molar-refractivity contribution in [3.05, 3.63) is 30.6 Å². The Morgan fingerprint density at radius 2 is 1.93 bits per heavy atom. The largest absolute Gasteiger partial charge is 0.476 e. The van der Waals surface area contributed by atoms with Gasteiger partial charge in [0.2, 0.25) is 9.84 Å². The smallest absolute Gasteiger partial charge is 0.407 e. The van der Waals surface area contributed by atoms with Gasteiger partial charge in [-0.2, -0.15) is 0 Å². The van der Waals surface area contributed by atoms with E-state index in [2.05, 4.69) is 9.97 Å². The molecule has 0 saturated carbocycles. The van der Waals surface area contributed by atoms with Crippen molar-refractivity contribution < 1.29 is 27.8 Å². The van der Waals surface area contributed by atoms with Gasteiger partial charge in [0, 0.05) is 31.0 Å². The average Bonchev–Trinajstić information content (AvgIpc) is 3.01. The highest BCUT2D eigenvalue weighted by Crippen LogP contribution is 2.35. The number of ether oxygens (including phenoxy) is 2. The molecule has 1 aromatic carbocycles. The third-order valence-corrected chi connectivity index (χ3v) is 6.38. The van der Waals surface area contributed by atoms with Gasteiger partial charge in [-0.3, -0.25) is 0 Å². The fourth-order valence-electron chi connectivity index (χ4n) is 3.29. The number of benzene rings is 1. The van der Waals surface area contributed by atoms with E-state index in [1.807, 2.05) is 0 Å². The lowest BCUT2D eigenvalue weighted by Crippen LogP contribution is -2.38. The lowest BCUT2D eigenvalue weighted by molar-refractivity contribution is 0.110. The summed E-state index contributed by atoms with van der Waals surface area (Å²) in [6.07, 6.45) is 3.85.